The summed E-state index contributed by atoms with van der Waals surface area (Å²) >= 11 is 0. The molecule has 1 unspecified atom stereocenters. The molecular weight excluding hydrogens is 492 g/mol. The summed E-state index contributed by atoms with van der Waals surface area (Å²) in [5, 5.41) is 6.89. The summed E-state index contributed by atoms with van der Waals surface area (Å²) in [7, 11) is 1.94. The van der Waals surface area contributed by atoms with E-state index in [2.05, 4.69) is 105 Å². The maximum atomic E-state index is 5.08. The van der Waals surface area contributed by atoms with Gasteiger partial charge in [0.05, 0.1) is 0 Å². The quantitative estimate of drug-likeness (QED) is 0.218. The van der Waals surface area contributed by atoms with E-state index in [-0.39, 0.29) is 0 Å². The second-order valence-electron chi connectivity index (χ2n) is 10.3. The number of rotatable bonds is 9. The molecule has 5 aromatic rings. The van der Waals surface area contributed by atoms with Crippen molar-refractivity contribution < 1.29 is 0 Å². The molecule has 1 aliphatic rings. The molecule has 1 aliphatic carbocycles. The van der Waals surface area contributed by atoms with Gasteiger partial charge in [-0.1, -0.05) is 66.7 Å². The Balaban J connectivity index is 1.36. The molecular formula is C34H34N6. The summed E-state index contributed by atoms with van der Waals surface area (Å²) in [4.78, 5) is 17.0. The molecule has 2 aromatic heterocycles. The molecule has 6 heteroatoms. The van der Waals surface area contributed by atoms with E-state index in [1.54, 1.807) is 12.4 Å². The molecule has 1 atom stereocenters. The van der Waals surface area contributed by atoms with E-state index in [4.69, 9.17) is 9.97 Å². The Morgan fingerprint density at radius 3 is 2.12 bits per heavy atom. The number of hydrogen-bond acceptors (Lipinski definition) is 6. The number of fused-ring (bicyclic) bond motifs is 1. The third-order valence-corrected chi connectivity index (χ3v) is 7.57. The first-order chi connectivity index (χ1) is 19.7. The molecule has 6 nitrogen and oxygen atoms in total. The van der Waals surface area contributed by atoms with E-state index in [9.17, 15) is 0 Å². The molecule has 0 spiro atoms. The predicted molar refractivity (Wildman–Crippen MR) is 162 cm³/mol. The van der Waals surface area contributed by atoms with Crippen molar-refractivity contribution in [3.63, 3.8) is 0 Å². The highest BCUT2D eigenvalue weighted by atomic mass is 15.2. The average Bonchev–Trinajstić information content (AvgIpc) is 3.02. The molecule has 2 N–H and O–H groups in total. The predicted octanol–water partition coefficient (Wildman–Crippen LogP) is 6.88. The monoisotopic (exact) mass is 526 g/mol. The van der Waals surface area contributed by atoms with Crippen LogP contribution in [0.15, 0.2) is 109 Å². The SMILES string of the molecule is CNc1cccc(Nc2nc(-c3ccncc3)nc3c2CC(N(Cc2ccccc2)Cc2ccccc2)CC3)c1. The Labute approximate surface area is 236 Å². The maximum absolute atomic E-state index is 5.08. The van der Waals surface area contributed by atoms with Crippen LogP contribution >= 0.6 is 0 Å². The fourth-order valence-corrected chi connectivity index (χ4v) is 5.48. The van der Waals surface area contributed by atoms with Gasteiger partial charge in [-0.25, -0.2) is 9.97 Å². The van der Waals surface area contributed by atoms with E-state index in [1.807, 2.05) is 19.2 Å². The lowest BCUT2D eigenvalue weighted by molar-refractivity contribution is 0.161. The second-order valence-corrected chi connectivity index (χ2v) is 10.3. The minimum absolute atomic E-state index is 0.368. The fourth-order valence-electron chi connectivity index (χ4n) is 5.48. The molecule has 6 rings (SSSR count). The molecule has 0 radical (unpaired) electrons. The average molecular weight is 527 g/mol. The number of anilines is 3. The topological polar surface area (TPSA) is 66.0 Å². The first kappa shape index (κ1) is 25.7. The van der Waals surface area contributed by atoms with Crippen LogP contribution in [0.3, 0.4) is 0 Å². The zero-order valence-corrected chi connectivity index (χ0v) is 22.8. The fraction of sp³-hybridized carbons (Fsp3) is 0.206. The van der Waals surface area contributed by atoms with E-state index in [0.29, 0.717) is 6.04 Å². The highest BCUT2D eigenvalue weighted by Gasteiger charge is 2.29. The molecule has 0 fully saturated rings. The Morgan fingerprint density at radius 2 is 1.45 bits per heavy atom. The van der Waals surface area contributed by atoms with Crippen LogP contribution in [-0.2, 0) is 25.9 Å². The number of aromatic nitrogens is 3. The molecule has 0 bridgehead atoms. The van der Waals surface area contributed by atoms with Gasteiger partial charge in [-0.2, -0.15) is 0 Å². The van der Waals surface area contributed by atoms with Gasteiger partial charge in [0.25, 0.3) is 0 Å². The Morgan fingerprint density at radius 1 is 0.775 bits per heavy atom. The highest BCUT2D eigenvalue weighted by Crippen LogP contribution is 2.33. The van der Waals surface area contributed by atoms with Gasteiger partial charge < -0.3 is 10.6 Å². The van der Waals surface area contributed by atoms with Crippen molar-refractivity contribution in [1.82, 2.24) is 19.9 Å². The van der Waals surface area contributed by atoms with E-state index >= 15 is 0 Å². The van der Waals surface area contributed by atoms with Crippen LogP contribution < -0.4 is 10.6 Å². The Kier molecular flexibility index (Phi) is 7.78. The van der Waals surface area contributed by atoms with Gasteiger partial charge in [-0.05, 0) is 60.7 Å². The summed E-state index contributed by atoms with van der Waals surface area (Å²) < 4.78 is 0. The number of nitrogens with one attached hydrogen (secondary N) is 2. The molecule has 200 valence electrons. The molecule has 40 heavy (non-hydrogen) atoms. The molecule has 0 saturated carbocycles. The zero-order chi connectivity index (χ0) is 27.1. The first-order valence-electron chi connectivity index (χ1n) is 13.9. The highest BCUT2D eigenvalue weighted by molar-refractivity contribution is 5.67. The standard InChI is InChI=1S/C34H34N6/c1-35-28-13-8-14-29(21-28)37-34-31-22-30(15-16-32(31)38-33(39-34)27-17-19-36-20-18-27)40(23-25-9-4-2-5-10-25)24-26-11-6-3-7-12-26/h2-14,17-21,30,35H,15-16,22-24H2,1H3,(H,37,38,39). The number of aryl methyl sites for hydroxylation is 1. The largest absolute Gasteiger partial charge is 0.388 e. The van der Waals surface area contributed by atoms with Crippen LogP contribution in [0.25, 0.3) is 11.4 Å². The van der Waals surface area contributed by atoms with Crippen LogP contribution in [-0.4, -0.2) is 32.9 Å². The van der Waals surface area contributed by atoms with Crippen molar-refractivity contribution in [1.29, 1.82) is 0 Å². The number of benzene rings is 3. The Hall–Kier alpha value is -4.55. The lowest BCUT2D eigenvalue weighted by Gasteiger charge is -2.36. The number of hydrogen-bond donors (Lipinski definition) is 2. The molecule has 0 aliphatic heterocycles. The molecule has 0 saturated heterocycles. The van der Waals surface area contributed by atoms with Gasteiger partial charge in [0.15, 0.2) is 5.82 Å². The van der Waals surface area contributed by atoms with Crippen LogP contribution in [0.1, 0.15) is 28.8 Å². The van der Waals surface area contributed by atoms with Crippen LogP contribution in [0.2, 0.25) is 0 Å². The second kappa shape index (κ2) is 12.1. The lowest BCUT2D eigenvalue weighted by Crippen LogP contribution is -2.39. The number of nitrogens with zero attached hydrogens (tertiary/aromatic N) is 4. The smallest absolute Gasteiger partial charge is 0.161 e. The van der Waals surface area contributed by atoms with E-state index < -0.39 is 0 Å². The normalized spacial score (nSPS) is 14.5. The van der Waals surface area contributed by atoms with E-state index in [0.717, 1.165) is 66.6 Å². The maximum Gasteiger partial charge on any atom is 0.161 e. The first-order valence-corrected chi connectivity index (χ1v) is 13.9. The van der Waals surface area contributed by atoms with Crippen LogP contribution in [0.4, 0.5) is 17.2 Å². The summed E-state index contributed by atoms with van der Waals surface area (Å²) in [5.74, 6) is 1.62. The minimum Gasteiger partial charge on any atom is -0.388 e. The van der Waals surface area contributed by atoms with Gasteiger partial charge in [0, 0.05) is 66.8 Å². The summed E-state index contributed by atoms with van der Waals surface area (Å²) in [6, 6.07) is 34.2. The number of pyridine rings is 1. The lowest BCUT2D eigenvalue weighted by atomic mass is 9.90. The van der Waals surface area contributed by atoms with Crippen molar-refractivity contribution in [3.8, 4) is 11.4 Å². The Bertz CT molecular complexity index is 1500. The van der Waals surface area contributed by atoms with Crippen LogP contribution in [0, 0.1) is 0 Å². The summed E-state index contributed by atoms with van der Waals surface area (Å²) in [6.45, 7) is 1.80. The third-order valence-electron chi connectivity index (χ3n) is 7.57. The van der Waals surface area contributed by atoms with Gasteiger partial charge in [0.2, 0.25) is 0 Å². The van der Waals surface area contributed by atoms with Crippen molar-refractivity contribution in [2.75, 3.05) is 17.7 Å². The summed E-state index contributed by atoms with van der Waals surface area (Å²) in [5.41, 5.74) is 8.02. The van der Waals surface area contributed by atoms with Gasteiger partial charge >= 0.3 is 0 Å². The van der Waals surface area contributed by atoms with Crippen molar-refractivity contribution >= 4 is 17.2 Å². The minimum atomic E-state index is 0.368. The molecule has 2 heterocycles. The molecule has 3 aromatic carbocycles. The zero-order valence-electron chi connectivity index (χ0n) is 22.8. The van der Waals surface area contributed by atoms with Crippen molar-refractivity contribution in [2.24, 2.45) is 0 Å². The summed E-state index contributed by atoms with van der Waals surface area (Å²) in [6.07, 6.45) is 6.44. The van der Waals surface area contributed by atoms with Gasteiger partial charge in [-0.3, -0.25) is 9.88 Å². The van der Waals surface area contributed by atoms with Gasteiger partial charge in [-0.15, -0.1) is 0 Å². The molecule has 0 amide bonds. The third kappa shape index (κ3) is 6.03. The van der Waals surface area contributed by atoms with Gasteiger partial charge in [0.1, 0.15) is 5.82 Å². The van der Waals surface area contributed by atoms with E-state index in [1.165, 1.54) is 16.7 Å². The van der Waals surface area contributed by atoms with Crippen molar-refractivity contribution in [2.45, 2.75) is 38.4 Å². The van der Waals surface area contributed by atoms with Crippen molar-refractivity contribution in [3.05, 3.63) is 132 Å². The van der Waals surface area contributed by atoms with Crippen LogP contribution in [0.5, 0.6) is 0 Å².